The first-order valence-electron chi connectivity index (χ1n) is 2.44. The predicted molar refractivity (Wildman–Crippen MR) is 25.8 cm³/mol. The van der Waals surface area contributed by atoms with Gasteiger partial charge in [0.1, 0.15) is 0 Å². The Bertz CT molecular complexity index is 54.4. The van der Waals surface area contributed by atoms with Gasteiger partial charge in [-0.25, -0.2) is 0 Å². The summed E-state index contributed by atoms with van der Waals surface area (Å²) in [5.41, 5.74) is 0. The van der Waals surface area contributed by atoms with Gasteiger partial charge in [0, 0.05) is 5.97 Å². The molecule has 0 N–H and O–H groups in total. The molecule has 0 fully saturated rings. The van der Waals surface area contributed by atoms with Gasteiger partial charge in [0.05, 0.1) is 0 Å². The minimum atomic E-state index is -0.995. The van der Waals surface area contributed by atoms with Crippen molar-refractivity contribution in [3.05, 3.63) is 0 Å². The van der Waals surface area contributed by atoms with Crippen LogP contribution in [0.1, 0.15) is 20.3 Å². The number of carboxylic acids is 1. The van der Waals surface area contributed by atoms with Crippen molar-refractivity contribution in [3.63, 3.8) is 0 Å². The van der Waals surface area contributed by atoms with E-state index < -0.39 is 5.97 Å². The third kappa shape index (κ3) is 37.7. The summed E-state index contributed by atoms with van der Waals surface area (Å²) in [6.07, 6.45) is 0.111. The van der Waals surface area contributed by atoms with Gasteiger partial charge in [-0.05, 0) is 6.42 Å². The van der Waals surface area contributed by atoms with Crippen LogP contribution in [0.4, 0.5) is 0 Å². The van der Waals surface area contributed by atoms with E-state index in [1.165, 1.54) is 6.92 Å². The third-order valence-corrected chi connectivity index (χ3v) is 0.289. The number of rotatable bonds is 1. The van der Waals surface area contributed by atoms with Gasteiger partial charge in [-0.3, -0.25) is 0 Å². The molecule has 0 aromatic carbocycles. The van der Waals surface area contributed by atoms with E-state index in [1.807, 2.05) is 6.92 Å². The molecule has 0 saturated heterocycles. The van der Waals surface area contributed by atoms with Crippen LogP contribution in [0.3, 0.4) is 0 Å². The molecule has 0 rings (SSSR count). The van der Waals surface area contributed by atoms with E-state index in [0.29, 0.717) is 0 Å². The maximum absolute atomic E-state index is 9.26. The summed E-state index contributed by atoms with van der Waals surface area (Å²) in [7, 11) is 0. The summed E-state index contributed by atoms with van der Waals surface area (Å²) in [4.78, 5) is 9.26. The Morgan fingerprint density at radius 1 is 1.62 bits per heavy atom. The number of hydrogen-bond acceptors (Lipinski definition) is 2. The molecule has 0 aromatic rings. The number of carboxylic acid groups (broad SMARTS) is 1. The van der Waals surface area contributed by atoms with Crippen LogP contribution in [-0.4, -0.2) is 5.97 Å². The van der Waals surface area contributed by atoms with Crippen molar-refractivity contribution in [2.45, 2.75) is 25.6 Å². The van der Waals surface area contributed by atoms with Crippen LogP contribution >= 0.6 is 0 Å². The fourth-order valence-electron chi connectivity index (χ4n) is 0. The summed E-state index contributed by atoms with van der Waals surface area (Å²) < 4.78 is 0. The fraction of sp³-hybridized carbons (Fsp3) is 0.800. The van der Waals surface area contributed by atoms with E-state index >= 15 is 0 Å². The van der Waals surface area contributed by atoms with Crippen LogP contribution in [-0.2, 0) is 20.8 Å². The Balaban J connectivity index is 0. The quantitative estimate of drug-likeness (QED) is 0.507. The van der Waals surface area contributed by atoms with Crippen molar-refractivity contribution < 1.29 is 25.9 Å². The summed E-state index contributed by atoms with van der Waals surface area (Å²) in [6, 6.07) is 0. The molecule has 0 bridgehead atoms. The molecular formula is C5H10MnO2. The van der Waals surface area contributed by atoms with Gasteiger partial charge in [-0.1, -0.05) is 6.92 Å². The van der Waals surface area contributed by atoms with Gasteiger partial charge in [0.15, 0.2) is 0 Å². The second kappa shape index (κ2) is 10.1. The monoisotopic (exact) mass is 157 g/mol. The van der Waals surface area contributed by atoms with Crippen molar-refractivity contribution in [2.24, 2.45) is 0 Å². The first-order chi connectivity index (χ1) is 3.68. The third-order valence-electron chi connectivity index (χ3n) is 0.289. The summed E-state index contributed by atoms with van der Waals surface area (Å²) in [5.74, 6) is -0.995. The van der Waals surface area contributed by atoms with E-state index in [9.17, 15) is 9.90 Å². The first kappa shape index (κ1) is 10.9. The van der Waals surface area contributed by atoms with Gasteiger partial charge in [0.25, 0.3) is 0 Å². The Hall–Kier alpha value is -0.0105. The molecule has 0 aliphatic rings. The van der Waals surface area contributed by atoms with E-state index in [-0.39, 0.29) is 6.42 Å². The second-order valence-corrected chi connectivity index (χ2v) is 1.83. The maximum atomic E-state index is 9.26. The molecule has 0 atom stereocenters. The van der Waals surface area contributed by atoms with Crippen molar-refractivity contribution >= 4 is 5.97 Å². The molecule has 0 spiro atoms. The van der Waals surface area contributed by atoms with E-state index in [4.69, 9.17) is 0 Å². The average Bonchev–Trinajstić information content (AvgIpc) is 1.69. The topological polar surface area (TPSA) is 40.1 Å². The van der Waals surface area contributed by atoms with E-state index in [1.54, 1.807) is 0 Å². The first-order valence-corrected chi connectivity index (χ1v) is 3.28. The summed E-state index contributed by atoms with van der Waals surface area (Å²) in [6.45, 7) is 3.58. The average molecular weight is 157 g/mol. The van der Waals surface area contributed by atoms with Crippen LogP contribution in [0.5, 0.6) is 0 Å². The van der Waals surface area contributed by atoms with Crippen LogP contribution in [0, 0.1) is 0 Å². The Morgan fingerprint density at radius 3 is 1.75 bits per heavy atom. The van der Waals surface area contributed by atoms with Crippen molar-refractivity contribution in [1.82, 2.24) is 0 Å². The Morgan fingerprint density at radius 2 is 1.75 bits per heavy atom. The molecule has 0 heterocycles. The number of carbonyl (C=O) groups excluding carboxylic acids is 1. The molecular weight excluding hydrogens is 147 g/mol. The molecule has 0 unspecified atom stereocenters. The Kier molecular flexibility index (Phi) is 13.7. The summed E-state index contributed by atoms with van der Waals surface area (Å²) in [5, 5.41) is 10.3. The van der Waals surface area contributed by atoms with Crippen LogP contribution in [0.15, 0.2) is 0 Å². The molecule has 3 heteroatoms. The molecule has 8 heavy (non-hydrogen) atoms. The zero-order chi connectivity index (χ0) is 6.99. The van der Waals surface area contributed by atoms with Gasteiger partial charge >= 0.3 is 28.3 Å². The molecule has 2 nitrogen and oxygen atoms in total. The normalized spacial score (nSPS) is 6.75. The summed E-state index contributed by atoms with van der Waals surface area (Å²) >= 11 is 3.15. The van der Waals surface area contributed by atoms with Crippen LogP contribution in [0.25, 0.3) is 0 Å². The Labute approximate surface area is 58.1 Å². The van der Waals surface area contributed by atoms with Crippen molar-refractivity contribution in [3.8, 4) is 0 Å². The van der Waals surface area contributed by atoms with Gasteiger partial charge < -0.3 is 9.90 Å². The van der Waals surface area contributed by atoms with Crippen LogP contribution in [0.2, 0.25) is 5.32 Å². The molecule has 49 valence electrons. The molecule has 0 aliphatic heterocycles. The zero-order valence-electron chi connectivity index (χ0n) is 5.11. The number of aliphatic carboxylic acids is 1. The van der Waals surface area contributed by atoms with Crippen LogP contribution < -0.4 is 5.11 Å². The predicted octanol–water partition coefficient (Wildman–Crippen LogP) is 0.118. The van der Waals surface area contributed by atoms with Gasteiger partial charge in [-0.2, -0.15) is 0 Å². The SMILES string of the molecule is CCC(=O)[O-].C[CH2][Mn+]. The molecule has 0 saturated carbocycles. The second-order valence-electron chi connectivity index (χ2n) is 0.993. The number of hydrogen-bond donors (Lipinski definition) is 0. The van der Waals surface area contributed by atoms with E-state index in [0.717, 1.165) is 5.32 Å². The molecule has 0 aliphatic carbocycles. The fourth-order valence-corrected chi connectivity index (χ4v) is 0. The van der Waals surface area contributed by atoms with Gasteiger partial charge in [-0.15, -0.1) is 0 Å². The molecule has 0 aromatic heterocycles. The number of carbonyl (C=O) groups is 1. The van der Waals surface area contributed by atoms with Crippen molar-refractivity contribution in [2.75, 3.05) is 0 Å². The minimum absolute atomic E-state index is 0.111. The molecule has 0 amide bonds. The van der Waals surface area contributed by atoms with E-state index in [2.05, 4.69) is 16.0 Å². The standard InChI is InChI=1S/C3H6O2.C2H5.Mn/c1-2-3(4)5;1-2;/h2H2,1H3,(H,4,5);1H2,2H3;/q;;+1/p-1. The van der Waals surface area contributed by atoms with Gasteiger partial charge in [0.2, 0.25) is 0 Å². The zero-order valence-corrected chi connectivity index (χ0v) is 6.29. The van der Waals surface area contributed by atoms with Crippen molar-refractivity contribution in [1.29, 1.82) is 0 Å². The molecule has 0 radical (unpaired) electrons.